The van der Waals surface area contributed by atoms with E-state index in [1.165, 1.54) is 7.11 Å². The first kappa shape index (κ1) is 18.1. The molecule has 0 fully saturated rings. The number of halogens is 1. The number of hydrogen-bond acceptors (Lipinski definition) is 3. The van der Waals surface area contributed by atoms with Crippen LogP contribution in [0.1, 0.15) is 35.8 Å². The summed E-state index contributed by atoms with van der Waals surface area (Å²) < 4.78 is 10.5. The van der Waals surface area contributed by atoms with Crippen molar-refractivity contribution in [1.82, 2.24) is 5.32 Å². The lowest BCUT2D eigenvalue weighted by molar-refractivity contribution is 0.0922. The van der Waals surface area contributed by atoms with Crippen LogP contribution in [0.2, 0.25) is 5.02 Å². The number of carbonyl (C=O) groups excluding carboxylic acids is 1. The number of benzene rings is 2. The molecule has 0 aliphatic carbocycles. The molecule has 0 aliphatic heterocycles. The zero-order valence-electron chi connectivity index (χ0n) is 14.3. The molecule has 0 saturated carbocycles. The predicted molar refractivity (Wildman–Crippen MR) is 96.0 cm³/mol. The van der Waals surface area contributed by atoms with Gasteiger partial charge in [-0.25, -0.2) is 0 Å². The van der Waals surface area contributed by atoms with Crippen molar-refractivity contribution in [2.75, 3.05) is 14.2 Å². The second kappa shape index (κ2) is 8.06. The van der Waals surface area contributed by atoms with Crippen LogP contribution < -0.4 is 14.8 Å². The smallest absolute Gasteiger partial charge is 0.255 e. The third-order valence-electron chi connectivity index (χ3n) is 3.84. The van der Waals surface area contributed by atoms with E-state index >= 15 is 0 Å². The van der Waals surface area contributed by atoms with Crippen molar-refractivity contribution in [2.45, 2.75) is 19.9 Å². The van der Waals surface area contributed by atoms with Gasteiger partial charge in [0.1, 0.15) is 11.5 Å². The maximum atomic E-state index is 12.7. The van der Waals surface area contributed by atoms with Crippen LogP contribution in [-0.4, -0.2) is 20.1 Å². The summed E-state index contributed by atoms with van der Waals surface area (Å²) in [6, 6.07) is 12.5. The molecule has 0 unspecified atom stereocenters. The average molecular weight is 348 g/mol. The number of carbonyl (C=O) groups is 1. The van der Waals surface area contributed by atoms with Crippen LogP contribution in [0.4, 0.5) is 0 Å². The Bertz CT molecular complexity index is 698. The van der Waals surface area contributed by atoms with Crippen LogP contribution in [-0.2, 0) is 0 Å². The normalized spacial score (nSPS) is 11.9. The minimum Gasteiger partial charge on any atom is -0.497 e. The zero-order chi connectivity index (χ0) is 17.7. The highest BCUT2D eigenvalue weighted by Gasteiger charge is 2.21. The van der Waals surface area contributed by atoms with Crippen LogP contribution in [0.25, 0.3) is 0 Å². The summed E-state index contributed by atoms with van der Waals surface area (Å²) in [6.45, 7) is 4.12. The van der Waals surface area contributed by atoms with E-state index in [1.807, 2.05) is 24.3 Å². The van der Waals surface area contributed by atoms with E-state index in [0.717, 1.165) is 5.56 Å². The molecule has 1 atom stereocenters. The standard InChI is InChI=1S/C19H22ClNO3/c1-12(2)18(13-5-7-14(20)8-6-13)21-19(22)16-10-9-15(23-3)11-17(16)24-4/h5-12,18H,1-4H3,(H,21,22)/t18-/m0/s1. The van der Waals surface area contributed by atoms with Gasteiger partial charge in [-0.1, -0.05) is 37.6 Å². The molecule has 0 heterocycles. The highest BCUT2D eigenvalue weighted by molar-refractivity contribution is 6.30. The Morgan fingerprint density at radius 1 is 1.04 bits per heavy atom. The Labute approximate surface area is 147 Å². The van der Waals surface area contributed by atoms with Crippen molar-refractivity contribution < 1.29 is 14.3 Å². The summed E-state index contributed by atoms with van der Waals surface area (Å²) >= 11 is 5.95. The SMILES string of the molecule is COc1ccc(C(=O)N[C@H](c2ccc(Cl)cc2)C(C)C)c(OC)c1. The molecule has 4 nitrogen and oxygen atoms in total. The molecule has 0 spiro atoms. The number of nitrogens with one attached hydrogen (secondary N) is 1. The molecule has 2 rings (SSSR count). The van der Waals surface area contributed by atoms with Gasteiger partial charge in [0.2, 0.25) is 0 Å². The molecule has 0 radical (unpaired) electrons. The van der Waals surface area contributed by atoms with E-state index in [1.54, 1.807) is 25.3 Å². The van der Waals surface area contributed by atoms with Gasteiger partial charge >= 0.3 is 0 Å². The summed E-state index contributed by atoms with van der Waals surface area (Å²) in [6.07, 6.45) is 0. The van der Waals surface area contributed by atoms with Gasteiger partial charge in [0.25, 0.3) is 5.91 Å². The van der Waals surface area contributed by atoms with Gasteiger partial charge in [-0.2, -0.15) is 0 Å². The maximum absolute atomic E-state index is 12.7. The minimum atomic E-state index is -0.192. The molecule has 1 amide bonds. The minimum absolute atomic E-state index is 0.124. The molecule has 128 valence electrons. The summed E-state index contributed by atoms with van der Waals surface area (Å²) in [5.41, 5.74) is 1.48. The molecule has 0 aromatic heterocycles. The lowest BCUT2D eigenvalue weighted by Crippen LogP contribution is -2.32. The second-order valence-corrected chi connectivity index (χ2v) is 6.25. The van der Waals surface area contributed by atoms with Gasteiger partial charge in [0.15, 0.2) is 0 Å². The number of methoxy groups -OCH3 is 2. The summed E-state index contributed by atoms with van der Waals surface area (Å²) in [5, 5.41) is 3.75. The Morgan fingerprint density at radius 2 is 1.71 bits per heavy atom. The van der Waals surface area contributed by atoms with E-state index < -0.39 is 0 Å². The third-order valence-corrected chi connectivity index (χ3v) is 4.09. The van der Waals surface area contributed by atoms with Crippen LogP contribution in [0, 0.1) is 5.92 Å². The van der Waals surface area contributed by atoms with Crippen molar-refractivity contribution >= 4 is 17.5 Å². The highest BCUT2D eigenvalue weighted by atomic mass is 35.5. The Hall–Kier alpha value is -2.20. The fourth-order valence-corrected chi connectivity index (χ4v) is 2.64. The van der Waals surface area contributed by atoms with Gasteiger partial charge in [-0.3, -0.25) is 4.79 Å². The van der Waals surface area contributed by atoms with Gasteiger partial charge in [-0.05, 0) is 35.7 Å². The Morgan fingerprint density at radius 3 is 2.25 bits per heavy atom. The number of rotatable bonds is 6. The fourth-order valence-electron chi connectivity index (χ4n) is 2.51. The van der Waals surface area contributed by atoms with E-state index in [0.29, 0.717) is 22.1 Å². The maximum Gasteiger partial charge on any atom is 0.255 e. The van der Waals surface area contributed by atoms with Crippen molar-refractivity contribution in [1.29, 1.82) is 0 Å². The Balaban J connectivity index is 2.27. The quantitative estimate of drug-likeness (QED) is 0.837. The lowest BCUT2D eigenvalue weighted by atomic mass is 9.95. The van der Waals surface area contributed by atoms with Crippen LogP contribution in [0.15, 0.2) is 42.5 Å². The van der Waals surface area contributed by atoms with Crippen molar-refractivity contribution in [3.05, 3.63) is 58.6 Å². The molecule has 24 heavy (non-hydrogen) atoms. The topological polar surface area (TPSA) is 47.6 Å². The van der Waals surface area contributed by atoms with Crippen LogP contribution in [0.5, 0.6) is 11.5 Å². The highest BCUT2D eigenvalue weighted by Crippen LogP contribution is 2.27. The molecule has 2 aromatic carbocycles. The number of ether oxygens (including phenoxy) is 2. The zero-order valence-corrected chi connectivity index (χ0v) is 15.1. The van der Waals surface area contributed by atoms with Crippen LogP contribution in [0.3, 0.4) is 0 Å². The van der Waals surface area contributed by atoms with Crippen molar-refractivity contribution in [3.63, 3.8) is 0 Å². The first-order chi connectivity index (χ1) is 11.5. The summed E-state index contributed by atoms with van der Waals surface area (Å²) in [5.74, 6) is 1.15. The van der Waals surface area contributed by atoms with Crippen molar-refractivity contribution in [3.8, 4) is 11.5 Å². The predicted octanol–water partition coefficient (Wildman–Crippen LogP) is 4.48. The lowest BCUT2D eigenvalue weighted by Gasteiger charge is -2.23. The first-order valence-electron chi connectivity index (χ1n) is 7.74. The van der Waals surface area contributed by atoms with Gasteiger partial charge in [-0.15, -0.1) is 0 Å². The van der Waals surface area contributed by atoms with E-state index in [4.69, 9.17) is 21.1 Å². The van der Waals surface area contributed by atoms with Gasteiger partial charge < -0.3 is 14.8 Å². The van der Waals surface area contributed by atoms with Crippen molar-refractivity contribution in [2.24, 2.45) is 5.92 Å². The number of amides is 1. The van der Waals surface area contributed by atoms with Gasteiger partial charge in [0, 0.05) is 11.1 Å². The molecule has 2 aromatic rings. The Kier molecular flexibility index (Phi) is 6.10. The fraction of sp³-hybridized carbons (Fsp3) is 0.316. The molecule has 5 heteroatoms. The monoisotopic (exact) mass is 347 g/mol. The molecule has 0 bridgehead atoms. The number of hydrogen-bond donors (Lipinski definition) is 1. The molecule has 1 N–H and O–H groups in total. The summed E-state index contributed by atoms with van der Waals surface area (Å²) in [7, 11) is 3.11. The molecular formula is C19H22ClNO3. The third kappa shape index (κ3) is 4.20. The van der Waals surface area contributed by atoms with Crippen LogP contribution >= 0.6 is 11.6 Å². The molecule has 0 saturated heterocycles. The average Bonchev–Trinajstić information content (AvgIpc) is 2.59. The molecule has 0 aliphatic rings. The van der Waals surface area contributed by atoms with E-state index in [-0.39, 0.29) is 17.9 Å². The largest absolute Gasteiger partial charge is 0.497 e. The second-order valence-electron chi connectivity index (χ2n) is 5.81. The van der Waals surface area contributed by atoms with E-state index in [2.05, 4.69) is 19.2 Å². The molecular weight excluding hydrogens is 326 g/mol. The first-order valence-corrected chi connectivity index (χ1v) is 8.12. The van der Waals surface area contributed by atoms with Gasteiger partial charge in [0.05, 0.1) is 25.8 Å². The summed E-state index contributed by atoms with van der Waals surface area (Å²) in [4.78, 5) is 12.7. The van der Waals surface area contributed by atoms with E-state index in [9.17, 15) is 4.79 Å².